The van der Waals surface area contributed by atoms with E-state index in [0.29, 0.717) is 16.4 Å². The predicted molar refractivity (Wildman–Crippen MR) is 64.3 cm³/mol. The molecule has 0 aliphatic carbocycles. The number of nitrogens with one attached hydrogen (secondary N) is 1. The SMILES string of the molecule is Nc1nsc(NCC(F)F)c1-c1ccncc1. The van der Waals surface area contributed by atoms with Gasteiger partial charge in [0.05, 0.1) is 12.1 Å². The van der Waals surface area contributed by atoms with E-state index in [9.17, 15) is 8.78 Å². The average Bonchev–Trinajstić information content (AvgIpc) is 2.69. The molecule has 0 fully saturated rings. The summed E-state index contributed by atoms with van der Waals surface area (Å²) in [6, 6.07) is 3.52. The first-order valence-electron chi connectivity index (χ1n) is 4.86. The first-order chi connectivity index (χ1) is 8.18. The second-order valence-electron chi connectivity index (χ2n) is 3.28. The lowest BCUT2D eigenvalue weighted by molar-refractivity contribution is 0.163. The third-order valence-corrected chi connectivity index (χ3v) is 2.92. The van der Waals surface area contributed by atoms with Crippen LogP contribution in [0.5, 0.6) is 0 Å². The Balaban J connectivity index is 2.30. The molecule has 7 heteroatoms. The number of hydrogen-bond acceptors (Lipinski definition) is 5. The summed E-state index contributed by atoms with van der Waals surface area (Å²) >= 11 is 1.07. The van der Waals surface area contributed by atoms with Gasteiger partial charge in [0.25, 0.3) is 6.43 Å². The number of pyridine rings is 1. The Kier molecular flexibility index (Phi) is 3.48. The number of nitrogen functional groups attached to an aromatic ring is 1. The van der Waals surface area contributed by atoms with Crippen molar-refractivity contribution in [3.05, 3.63) is 24.5 Å². The summed E-state index contributed by atoms with van der Waals surface area (Å²) < 4.78 is 28.2. The summed E-state index contributed by atoms with van der Waals surface area (Å²) in [7, 11) is 0. The molecule has 3 N–H and O–H groups in total. The third-order valence-electron chi connectivity index (χ3n) is 2.10. The lowest BCUT2D eigenvalue weighted by Gasteiger charge is -2.06. The predicted octanol–water partition coefficient (Wildman–Crippen LogP) is 2.46. The van der Waals surface area contributed by atoms with Crippen LogP contribution < -0.4 is 11.1 Å². The second-order valence-corrected chi connectivity index (χ2v) is 4.05. The fourth-order valence-corrected chi connectivity index (χ4v) is 2.13. The van der Waals surface area contributed by atoms with Crippen molar-refractivity contribution in [3.63, 3.8) is 0 Å². The molecule has 2 aromatic rings. The molecule has 0 radical (unpaired) electrons. The minimum absolute atomic E-state index is 0.331. The fourth-order valence-electron chi connectivity index (χ4n) is 1.39. The zero-order valence-electron chi connectivity index (χ0n) is 8.73. The first-order valence-corrected chi connectivity index (χ1v) is 5.63. The van der Waals surface area contributed by atoms with E-state index >= 15 is 0 Å². The van der Waals surface area contributed by atoms with Gasteiger partial charge < -0.3 is 11.1 Å². The molecular weight excluding hydrogens is 246 g/mol. The molecule has 4 nitrogen and oxygen atoms in total. The van der Waals surface area contributed by atoms with E-state index in [1.165, 1.54) is 0 Å². The lowest BCUT2D eigenvalue weighted by atomic mass is 10.1. The molecule has 0 saturated carbocycles. The van der Waals surface area contributed by atoms with Crippen molar-refractivity contribution in [3.8, 4) is 11.1 Å². The van der Waals surface area contributed by atoms with E-state index < -0.39 is 13.0 Å². The van der Waals surface area contributed by atoms with E-state index in [1.807, 2.05) is 0 Å². The number of nitrogens with two attached hydrogens (primary N) is 1. The Morgan fingerprint density at radius 2 is 2.06 bits per heavy atom. The van der Waals surface area contributed by atoms with Gasteiger partial charge in [-0.05, 0) is 29.2 Å². The summed E-state index contributed by atoms with van der Waals surface area (Å²) in [6.07, 6.45) is 0.816. The van der Waals surface area contributed by atoms with Crippen LogP contribution in [0.3, 0.4) is 0 Å². The number of rotatable bonds is 4. The highest BCUT2D eigenvalue weighted by atomic mass is 32.1. The van der Waals surface area contributed by atoms with Crippen LogP contribution in [-0.2, 0) is 0 Å². The van der Waals surface area contributed by atoms with E-state index in [1.54, 1.807) is 24.5 Å². The molecule has 0 aromatic carbocycles. The molecule has 17 heavy (non-hydrogen) atoms. The maximum atomic E-state index is 12.1. The zero-order valence-corrected chi connectivity index (χ0v) is 9.55. The van der Waals surface area contributed by atoms with Crippen molar-refractivity contribution >= 4 is 22.4 Å². The first kappa shape index (κ1) is 11.7. The van der Waals surface area contributed by atoms with Crippen molar-refractivity contribution in [2.75, 3.05) is 17.6 Å². The van der Waals surface area contributed by atoms with Gasteiger partial charge in [-0.3, -0.25) is 4.98 Å². The number of nitrogens with zero attached hydrogens (tertiary/aromatic N) is 2. The Morgan fingerprint density at radius 3 is 2.71 bits per heavy atom. The van der Waals surface area contributed by atoms with E-state index in [2.05, 4.69) is 14.7 Å². The van der Waals surface area contributed by atoms with Crippen LogP contribution in [-0.4, -0.2) is 22.3 Å². The van der Waals surface area contributed by atoms with Crippen molar-refractivity contribution in [2.24, 2.45) is 0 Å². The second kappa shape index (κ2) is 5.05. The van der Waals surface area contributed by atoms with Gasteiger partial charge >= 0.3 is 0 Å². The fraction of sp³-hybridized carbons (Fsp3) is 0.200. The van der Waals surface area contributed by atoms with Gasteiger partial charge in [0, 0.05) is 12.4 Å². The van der Waals surface area contributed by atoms with Crippen LogP contribution >= 0.6 is 11.5 Å². The Bertz CT molecular complexity index is 486. The van der Waals surface area contributed by atoms with Gasteiger partial charge in [-0.25, -0.2) is 8.78 Å². The van der Waals surface area contributed by atoms with Crippen LogP contribution in [0.2, 0.25) is 0 Å². The molecule has 0 aliphatic heterocycles. The molecule has 0 saturated heterocycles. The van der Waals surface area contributed by atoms with Gasteiger partial charge in [0.15, 0.2) is 0 Å². The number of anilines is 2. The number of hydrogen-bond donors (Lipinski definition) is 2. The number of halogens is 2. The molecule has 0 atom stereocenters. The summed E-state index contributed by atoms with van der Waals surface area (Å²) in [4.78, 5) is 3.89. The molecule has 90 valence electrons. The summed E-state index contributed by atoms with van der Waals surface area (Å²) in [5, 5.41) is 3.19. The normalized spacial score (nSPS) is 10.8. The van der Waals surface area contributed by atoms with E-state index in [4.69, 9.17) is 5.73 Å². The average molecular weight is 256 g/mol. The van der Waals surface area contributed by atoms with Gasteiger partial charge in [-0.1, -0.05) is 0 Å². The minimum Gasteiger partial charge on any atom is -0.382 e. The van der Waals surface area contributed by atoms with Crippen molar-refractivity contribution in [1.29, 1.82) is 0 Å². The number of aromatic nitrogens is 2. The quantitative estimate of drug-likeness (QED) is 0.882. The van der Waals surface area contributed by atoms with Crippen LogP contribution in [0.1, 0.15) is 0 Å². The highest BCUT2D eigenvalue weighted by Crippen LogP contribution is 2.36. The van der Waals surface area contributed by atoms with Gasteiger partial charge in [-0.2, -0.15) is 4.37 Å². The monoisotopic (exact) mass is 256 g/mol. The molecule has 0 unspecified atom stereocenters. The largest absolute Gasteiger partial charge is 0.382 e. The zero-order chi connectivity index (χ0) is 12.3. The molecule has 2 heterocycles. The Morgan fingerprint density at radius 1 is 1.35 bits per heavy atom. The van der Waals surface area contributed by atoms with Crippen LogP contribution in [0.15, 0.2) is 24.5 Å². The third kappa shape index (κ3) is 2.68. The molecule has 2 rings (SSSR count). The van der Waals surface area contributed by atoms with Crippen LogP contribution in [0.25, 0.3) is 11.1 Å². The molecule has 0 bridgehead atoms. The Hall–Kier alpha value is -1.76. The number of alkyl halides is 2. The molecule has 2 aromatic heterocycles. The summed E-state index contributed by atoms with van der Waals surface area (Å²) in [5.74, 6) is 0.331. The Labute approximate surface area is 101 Å². The highest BCUT2D eigenvalue weighted by molar-refractivity contribution is 7.11. The van der Waals surface area contributed by atoms with Crippen molar-refractivity contribution in [1.82, 2.24) is 9.36 Å². The van der Waals surface area contributed by atoms with Crippen molar-refractivity contribution < 1.29 is 8.78 Å². The molecule has 0 aliphatic rings. The summed E-state index contributed by atoms with van der Waals surface area (Å²) in [6.45, 7) is -0.417. The van der Waals surface area contributed by atoms with Crippen LogP contribution in [0.4, 0.5) is 19.6 Å². The topological polar surface area (TPSA) is 63.8 Å². The van der Waals surface area contributed by atoms with E-state index in [-0.39, 0.29) is 0 Å². The lowest BCUT2D eigenvalue weighted by Crippen LogP contribution is -2.09. The van der Waals surface area contributed by atoms with Gasteiger partial charge in [0.2, 0.25) is 0 Å². The smallest absolute Gasteiger partial charge is 0.255 e. The molecular formula is C10H10F2N4S. The standard InChI is InChI=1S/C10H10F2N4S/c11-7(12)5-15-10-8(9(13)16-17-10)6-1-3-14-4-2-6/h1-4,7,15H,5H2,(H2,13,16). The minimum atomic E-state index is -2.41. The molecule has 0 amide bonds. The van der Waals surface area contributed by atoms with Crippen LogP contribution in [0, 0.1) is 0 Å². The van der Waals surface area contributed by atoms with Gasteiger partial charge in [0.1, 0.15) is 10.8 Å². The van der Waals surface area contributed by atoms with E-state index in [0.717, 1.165) is 17.1 Å². The van der Waals surface area contributed by atoms with Gasteiger partial charge in [-0.15, -0.1) is 0 Å². The maximum absolute atomic E-state index is 12.1. The summed E-state index contributed by atoms with van der Waals surface area (Å²) in [5.41, 5.74) is 7.19. The maximum Gasteiger partial charge on any atom is 0.255 e. The highest BCUT2D eigenvalue weighted by Gasteiger charge is 2.14. The van der Waals surface area contributed by atoms with Crippen molar-refractivity contribution in [2.45, 2.75) is 6.43 Å². The molecule has 0 spiro atoms.